The van der Waals surface area contributed by atoms with Crippen LogP contribution in [0.15, 0.2) is 48.5 Å². The summed E-state index contributed by atoms with van der Waals surface area (Å²) in [6.07, 6.45) is 3.50. The molecule has 0 bridgehead atoms. The second kappa shape index (κ2) is 9.65. The highest BCUT2D eigenvalue weighted by Crippen LogP contribution is 2.44. The van der Waals surface area contributed by atoms with Gasteiger partial charge in [-0.15, -0.1) is 0 Å². The fraction of sp³-hybridized carbons (Fsp3) is 0.423. The van der Waals surface area contributed by atoms with Crippen LogP contribution in [0.1, 0.15) is 62.5 Å². The summed E-state index contributed by atoms with van der Waals surface area (Å²) in [5.41, 5.74) is 3.21. The molecule has 2 aromatic carbocycles. The average Bonchev–Trinajstić information content (AvgIpc) is 2.93. The normalized spacial score (nSPS) is 17.7. The lowest BCUT2D eigenvalue weighted by Crippen LogP contribution is -2.58. The van der Waals surface area contributed by atoms with Crippen molar-refractivity contribution in [2.24, 2.45) is 0 Å². The lowest BCUT2D eigenvalue weighted by atomic mass is 9.90. The Bertz CT molecular complexity index is 997. The smallest absolute Gasteiger partial charge is 0.407 e. The maximum Gasteiger partial charge on any atom is 0.407 e. The van der Waals surface area contributed by atoms with Gasteiger partial charge in [-0.25, -0.2) is 9.59 Å². The molecule has 174 valence electrons. The number of benzene rings is 2. The second-order valence-electron chi connectivity index (χ2n) is 8.98. The highest BCUT2D eigenvalue weighted by atomic mass is 16.5. The first-order valence-electron chi connectivity index (χ1n) is 11.6. The Morgan fingerprint density at radius 3 is 2.06 bits per heavy atom. The van der Waals surface area contributed by atoms with Gasteiger partial charge in [0.2, 0.25) is 5.91 Å². The molecule has 3 N–H and O–H groups in total. The zero-order chi connectivity index (χ0) is 23.4. The Hall–Kier alpha value is -3.35. The summed E-state index contributed by atoms with van der Waals surface area (Å²) in [4.78, 5) is 37.1. The number of rotatable bonds is 6. The van der Waals surface area contributed by atoms with Crippen LogP contribution in [0, 0.1) is 0 Å². The summed E-state index contributed by atoms with van der Waals surface area (Å²) in [5, 5.41) is 15.0. The molecule has 1 atom stereocenters. The molecule has 0 saturated heterocycles. The third-order valence-corrected chi connectivity index (χ3v) is 6.80. The summed E-state index contributed by atoms with van der Waals surface area (Å²) in [5.74, 6) is -1.62. The summed E-state index contributed by atoms with van der Waals surface area (Å²) in [6.45, 7) is 1.68. The molecule has 2 aromatic rings. The molecule has 0 aromatic heterocycles. The van der Waals surface area contributed by atoms with E-state index in [0.717, 1.165) is 47.9 Å². The minimum Gasteiger partial charge on any atom is -0.480 e. The summed E-state index contributed by atoms with van der Waals surface area (Å²) in [6, 6.07) is 15.2. The third-order valence-electron chi connectivity index (χ3n) is 6.80. The number of hydrogen-bond acceptors (Lipinski definition) is 4. The second-order valence-corrected chi connectivity index (χ2v) is 8.98. The van der Waals surface area contributed by atoms with Gasteiger partial charge in [-0.1, -0.05) is 74.2 Å². The standard InChI is InChI=1S/C26H30N2O5/c1-17(23(29)28-26(24(30)31)14-8-2-3-9-15-26)27-25(32)33-16-22-20-12-6-4-10-18(20)19-11-5-7-13-21(19)22/h4-7,10-13,17,22H,2-3,8-9,14-16H2,1H3,(H,27,32)(H,28,29)(H,30,31)/t17-/m0/s1. The Balaban J connectivity index is 1.36. The molecular weight excluding hydrogens is 420 g/mol. The molecule has 2 aliphatic carbocycles. The first-order chi connectivity index (χ1) is 15.9. The van der Waals surface area contributed by atoms with Crippen LogP contribution in [-0.4, -0.2) is 41.3 Å². The van der Waals surface area contributed by atoms with Gasteiger partial charge in [-0.05, 0) is 42.0 Å². The van der Waals surface area contributed by atoms with Crippen molar-refractivity contribution in [1.29, 1.82) is 0 Å². The Labute approximate surface area is 193 Å². The van der Waals surface area contributed by atoms with Gasteiger partial charge in [0.1, 0.15) is 18.2 Å². The Kier molecular flexibility index (Phi) is 6.67. The van der Waals surface area contributed by atoms with Crippen LogP contribution in [-0.2, 0) is 14.3 Å². The number of carboxylic acid groups (broad SMARTS) is 1. The molecule has 1 fully saturated rings. The van der Waals surface area contributed by atoms with Gasteiger partial charge in [0.15, 0.2) is 0 Å². The van der Waals surface area contributed by atoms with Crippen molar-refractivity contribution in [1.82, 2.24) is 10.6 Å². The minimum atomic E-state index is -1.27. The van der Waals surface area contributed by atoms with E-state index in [4.69, 9.17) is 4.74 Å². The van der Waals surface area contributed by atoms with Crippen LogP contribution in [0.4, 0.5) is 4.79 Å². The molecule has 0 spiro atoms. The number of hydrogen-bond donors (Lipinski definition) is 3. The van der Waals surface area contributed by atoms with Crippen LogP contribution in [0.5, 0.6) is 0 Å². The highest BCUT2D eigenvalue weighted by Gasteiger charge is 2.41. The van der Waals surface area contributed by atoms with Gasteiger partial charge >= 0.3 is 12.1 Å². The number of amides is 2. The lowest BCUT2D eigenvalue weighted by molar-refractivity contribution is -0.148. The van der Waals surface area contributed by atoms with Crippen LogP contribution >= 0.6 is 0 Å². The fourth-order valence-corrected chi connectivity index (χ4v) is 4.95. The minimum absolute atomic E-state index is 0.0754. The van der Waals surface area contributed by atoms with E-state index in [0.29, 0.717) is 12.8 Å². The molecule has 2 amide bonds. The zero-order valence-corrected chi connectivity index (χ0v) is 18.8. The van der Waals surface area contributed by atoms with Crippen molar-refractivity contribution < 1.29 is 24.2 Å². The van der Waals surface area contributed by atoms with E-state index in [2.05, 4.69) is 22.8 Å². The van der Waals surface area contributed by atoms with E-state index in [1.54, 1.807) is 0 Å². The summed E-state index contributed by atoms with van der Waals surface area (Å²) >= 11 is 0. The fourth-order valence-electron chi connectivity index (χ4n) is 4.95. The topological polar surface area (TPSA) is 105 Å². The monoisotopic (exact) mass is 450 g/mol. The molecule has 33 heavy (non-hydrogen) atoms. The van der Waals surface area contributed by atoms with Crippen LogP contribution in [0.25, 0.3) is 11.1 Å². The zero-order valence-electron chi connectivity index (χ0n) is 18.8. The van der Waals surface area contributed by atoms with Gasteiger partial charge < -0.3 is 20.5 Å². The van der Waals surface area contributed by atoms with E-state index in [-0.39, 0.29) is 12.5 Å². The van der Waals surface area contributed by atoms with Crippen LogP contribution in [0.3, 0.4) is 0 Å². The third kappa shape index (κ3) is 4.72. The summed E-state index contributed by atoms with van der Waals surface area (Å²) < 4.78 is 5.50. The van der Waals surface area contributed by atoms with Gasteiger partial charge in [0.25, 0.3) is 0 Å². The number of alkyl carbamates (subject to hydrolysis) is 1. The van der Waals surface area contributed by atoms with E-state index in [1.165, 1.54) is 6.92 Å². The van der Waals surface area contributed by atoms with Crippen molar-refractivity contribution in [3.05, 3.63) is 59.7 Å². The van der Waals surface area contributed by atoms with Crippen LogP contribution < -0.4 is 10.6 Å². The predicted molar refractivity (Wildman–Crippen MR) is 124 cm³/mol. The van der Waals surface area contributed by atoms with Crippen molar-refractivity contribution in [3.8, 4) is 11.1 Å². The molecule has 4 rings (SSSR count). The molecule has 7 nitrogen and oxygen atoms in total. The number of aliphatic carboxylic acids is 1. The lowest BCUT2D eigenvalue weighted by Gasteiger charge is -2.30. The number of ether oxygens (including phenoxy) is 1. The SMILES string of the molecule is C[C@H](NC(=O)OCC1c2ccccc2-c2ccccc21)C(=O)NC1(C(=O)O)CCCCCC1. The van der Waals surface area contributed by atoms with Crippen molar-refractivity contribution in [2.75, 3.05) is 6.61 Å². The summed E-state index contributed by atoms with van der Waals surface area (Å²) in [7, 11) is 0. The van der Waals surface area contributed by atoms with Crippen molar-refractivity contribution in [3.63, 3.8) is 0 Å². The molecule has 0 heterocycles. The number of carboxylic acids is 1. The van der Waals surface area contributed by atoms with Gasteiger partial charge in [0, 0.05) is 5.92 Å². The maximum atomic E-state index is 12.7. The quantitative estimate of drug-likeness (QED) is 0.572. The van der Waals surface area contributed by atoms with Crippen molar-refractivity contribution in [2.45, 2.75) is 62.9 Å². The first-order valence-corrected chi connectivity index (χ1v) is 11.6. The van der Waals surface area contributed by atoms with Crippen LogP contribution in [0.2, 0.25) is 0 Å². The predicted octanol–water partition coefficient (Wildman–Crippen LogP) is 4.21. The molecule has 7 heteroatoms. The van der Waals surface area contributed by atoms with E-state index >= 15 is 0 Å². The average molecular weight is 451 g/mol. The maximum absolute atomic E-state index is 12.7. The molecule has 0 unspecified atom stereocenters. The molecule has 0 aliphatic heterocycles. The number of fused-ring (bicyclic) bond motifs is 3. The van der Waals surface area contributed by atoms with E-state index < -0.39 is 29.6 Å². The first kappa shape index (κ1) is 22.8. The highest BCUT2D eigenvalue weighted by molar-refractivity contribution is 5.91. The molecule has 1 saturated carbocycles. The van der Waals surface area contributed by atoms with Gasteiger partial charge in [0.05, 0.1) is 0 Å². The van der Waals surface area contributed by atoms with Crippen molar-refractivity contribution >= 4 is 18.0 Å². The molecular formula is C26H30N2O5. The number of nitrogens with one attached hydrogen (secondary N) is 2. The van der Waals surface area contributed by atoms with Gasteiger partial charge in [-0.3, -0.25) is 4.79 Å². The molecule has 2 aliphatic rings. The largest absolute Gasteiger partial charge is 0.480 e. The number of carbonyl (C=O) groups excluding carboxylic acids is 2. The molecule has 0 radical (unpaired) electrons. The Morgan fingerprint density at radius 2 is 1.52 bits per heavy atom. The van der Waals surface area contributed by atoms with E-state index in [9.17, 15) is 19.5 Å². The number of carbonyl (C=O) groups is 3. The van der Waals surface area contributed by atoms with Gasteiger partial charge in [-0.2, -0.15) is 0 Å². The van der Waals surface area contributed by atoms with E-state index in [1.807, 2.05) is 36.4 Å². The Morgan fingerprint density at radius 1 is 0.970 bits per heavy atom.